The summed E-state index contributed by atoms with van der Waals surface area (Å²) in [4.78, 5) is 0. The molecule has 2 heterocycles. The zero-order valence-corrected chi connectivity index (χ0v) is 10.7. The Morgan fingerprint density at radius 1 is 0.789 bits per heavy atom. The van der Waals surface area contributed by atoms with Gasteiger partial charge in [0.1, 0.15) is 0 Å². The monoisotopic (exact) mass is 246 g/mol. The largest absolute Gasteiger partial charge is 0.283 e. The molecule has 2 heteroatoms. The molecule has 0 saturated carbocycles. The van der Waals surface area contributed by atoms with E-state index < -0.39 is 0 Å². The molecule has 0 radical (unpaired) electrons. The maximum absolute atomic E-state index is 2.26. The molecule has 0 spiro atoms. The number of rotatable bonds is 1. The summed E-state index contributed by atoms with van der Waals surface area (Å²) in [7, 11) is 2.11. The van der Waals surface area contributed by atoms with Crippen LogP contribution in [-0.2, 0) is 7.05 Å². The highest BCUT2D eigenvalue weighted by molar-refractivity contribution is 5.88. The van der Waals surface area contributed by atoms with E-state index in [0.29, 0.717) is 0 Å². The highest BCUT2D eigenvalue weighted by Gasteiger charge is 2.10. The second-order valence-electron chi connectivity index (χ2n) is 4.86. The molecule has 0 aliphatic rings. The first-order valence-corrected chi connectivity index (χ1v) is 6.46. The Bertz CT molecular complexity index is 866. The SMILES string of the molecule is Cn1c(-c2ccccc2)cc2cc3ccccc3n21. The third-order valence-electron chi connectivity index (χ3n) is 3.72. The Labute approximate surface area is 111 Å². The zero-order chi connectivity index (χ0) is 12.8. The summed E-state index contributed by atoms with van der Waals surface area (Å²) in [6.07, 6.45) is 0. The molecule has 92 valence electrons. The van der Waals surface area contributed by atoms with Gasteiger partial charge in [0.2, 0.25) is 0 Å². The van der Waals surface area contributed by atoms with Gasteiger partial charge in [0.15, 0.2) is 0 Å². The molecule has 0 fully saturated rings. The topological polar surface area (TPSA) is 9.34 Å². The predicted octanol–water partition coefficient (Wildman–Crippen LogP) is 4.10. The van der Waals surface area contributed by atoms with E-state index in [-0.39, 0.29) is 0 Å². The van der Waals surface area contributed by atoms with Crippen LogP contribution in [0.15, 0.2) is 66.7 Å². The van der Waals surface area contributed by atoms with Crippen LogP contribution in [-0.4, -0.2) is 9.20 Å². The summed E-state index contributed by atoms with van der Waals surface area (Å²) in [5, 5.41) is 1.28. The molecule has 0 aliphatic heterocycles. The van der Waals surface area contributed by atoms with Crippen LogP contribution in [0.25, 0.3) is 27.7 Å². The number of aromatic nitrogens is 2. The summed E-state index contributed by atoms with van der Waals surface area (Å²) in [6, 6.07) is 23.5. The van der Waals surface area contributed by atoms with Gasteiger partial charge in [-0.1, -0.05) is 48.5 Å². The third kappa shape index (κ3) is 1.43. The van der Waals surface area contributed by atoms with E-state index in [1.54, 1.807) is 0 Å². The van der Waals surface area contributed by atoms with Crippen molar-refractivity contribution >= 4 is 16.4 Å². The fourth-order valence-corrected chi connectivity index (χ4v) is 2.82. The van der Waals surface area contributed by atoms with Crippen LogP contribution in [0.2, 0.25) is 0 Å². The van der Waals surface area contributed by atoms with E-state index in [2.05, 4.69) is 83.0 Å². The van der Waals surface area contributed by atoms with Gasteiger partial charge in [0.25, 0.3) is 0 Å². The normalized spacial score (nSPS) is 11.4. The maximum atomic E-state index is 2.26. The number of para-hydroxylation sites is 1. The molecule has 2 nitrogen and oxygen atoms in total. The Morgan fingerprint density at radius 3 is 2.37 bits per heavy atom. The number of aryl methyl sites for hydroxylation is 1. The lowest BCUT2D eigenvalue weighted by molar-refractivity contribution is 0.735. The van der Waals surface area contributed by atoms with Gasteiger partial charge in [0, 0.05) is 12.4 Å². The van der Waals surface area contributed by atoms with Crippen LogP contribution in [0.4, 0.5) is 0 Å². The molecule has 0 aliphatic carbocycles. The predicted molar refractivity (Wildman–Crippen MR) is 79.3 cm³/mol. The van der Waals surface area contributed by atoms with Crippen molar-refractivity contribution in [3.05, 3.63) is 66.7 Å². The van der Waals surface area contributed by atoms with E-state index in [0.717, 1.165) is 0 Å². The molecule has 4 aromatic rings. The van der Waals surface area contributed by atoms with E-state index in [9.17, 15) is 0 Å². The Kier molecular flexibility index (Phi) is 2.06. The first kappa shape index (κ1) is 10.4. The smallest absolute Gasteiger partial charge is 0.0705 e. The first-order valence-electron chi connectivity index (χ1n) is 6.46. The van der Waals surface area contributed by atoms with Crippen molar-refractivity contribution in [1.82, 2.24) is 9.20 Å². The lowest BCUT2D eigenvalue weighted by Gasteiger charge is -2.05. The van der Waals surface area contributed by atoms with Crippen molar-refractivity contribution in [1.29, 1.82) is 0 Å². The standard InChI is InChI=1S/C17H14N2/c1-18-17(13-7-3-2-4-8-13)12-15-11-14-9-5-6-10-16(14)19(15)18/h2-12H,1H3. The molecule has 0 N–H and O–H groups in total. The van der Waals surface area contributed by atoms with Gasteiger partial charge in [-0.15, -0.1) is 0 Å². The van der Waals surface area contributed by atoms with Crippen molar-refractivity contribution in [3.8, 4) is 11.3 Å². The Balaban J connectivity index is 2.08. The van der Waals surface area contributed by atoms with Gasteiger partial charge in [-0.2, -0.15) is 0 Å². The molecule has 19 heavy (non-hydrogen) atoms. The van der Waals surface area contributed by atoms with Gasteiger partial charge in [-0.25, -0.2) is 0 Å². The summed E-state index contributed by atoms with van der Waals surface area (Å²) in [5.41, 5.74) is 4.98. The molecule has 0 unspecified atom stereocenters. The summed E-state index contributed by atoms with van der Waals surface area (Å²) < 4.78 is 4.48. The number of nitrogens with zero attached hydrogens (tertiary/aromatic N) is 2. The second kappa shape index (κ2) is 3.75. The molecule has 2 aromatic carbocycles. The fraction of sp³-hybridized carbons (Fsp3) is 0.0588. The van der Waals surface area contributed by atoms with Gasteiger partial charge < -0.3 is 0 Å². The number of hydrogen-bond acceptors (Lipinski definition) is 0. The highest BCUT2D eigenvalue weighted by atomic mass is 15.3. The van der Waals surface area contributed by atoms with Crippen molar-refractivity contribution in [2.75, 3.05) is 0 Å². The van der Waals surface area contributed by atoms with Crippen molar-refractivity contribution < 1.29 is 0 Å². The van der Waals surface area contributed by atoms with Crippen LogP contribution in [0, 0.1) is 0 Å². The summed E-state index contributed by atoms with van der Waals surface area (Å²) in [6.45, 7) is 0. The van der Waals surface area contributed by atoms with Crippen LogP contribution in [0.1, 0.15) is 0 Å². The third-order valence-corrected chi connectivity index (χ3v) is 3.72. The van der Waals surface area contributed by atoms with Crippen molar-refractivity contribution in [2.45, 2.75) is 0 Å². The minimum absolute atomic E-state index is 1.24. The number of benzene rings is 2. The molecule has 0 bridgehead atoms. The lowest BCUT2D eigenvalue weighted by atomic mass is 10.1. The molecular weight excluding hydrogens is 232 g/mol. The summed E-state index contributed by atoms with van der Waals surface area (Å²) in [5.74, 6) is 0. The van der Waals surface area contributed by atoms with Gasteiger partial charge in [0.05, 0.1) is 16.7 Å². The maximum Gasteiger partial charge on any atom is 0.0705 e. The van der Waals surface area contributed by atoms with E-state index in [1.807, 2.05) is 0 Å². The molecule has 0 amide bonds. The number of fused-ring (bicyclic) bond motifs is 3. The quantitative estimate of drug-likeness (QED) is 0.478. The van der Waals surface area contributed by atoms with Crippen LogP contribution < -0.4 is 0 Å². The van der Waals surface area contributed by atoms with E-state index in [4.69, 9.17) is 0 Å². The molecule has 0 saturated heterocycles. The van der Waals surface area contributed by atoms with Gasteiger partial charge in [-0.3, -0.25) is 9.20 Å². The van der Waals surface area contributed by atoms with Crippen molar-refractivity contribution in [3.63, 3.8) is 0 Å². The van der Waals surface area contributed by atoms with Crippen LogP contribution >= 0.6 is 0 Å². The Hall–Kier alpha value is -2.48. The van der Waals surface area contributed by atoms with E-state index >= 15 is 0 Å². The summed E-state index contributed by atoms with van der Waals surface area (Å²) >= 11 is 0. The van der Waals surface area contributed by atoms with Crippen molar-refractivity contribution in [2.24, 2.45) is 7.05 Å². The average Bonchev–Trinajstić information content (AvgIpc) is 2.97. The lowest BCUT2D eigenvalue weighted by Crippen LogP contribution is -2.00. The number of hydrogen-bond donors (Lipinski definition) is 0. The molecule has 2 aromatic heterocycles. The average molecular weight is 246 g/mol. The van der Waals surface area contributed by atoms with Gasteiger partial charge in [-0.05, 0) is 23.8 Å². The van der Waals surface area contributed by atoms with Crippen LogP contribution in [0.5, 0.6) is 0 Å². The Morgan fingerprint density at radius 2 is 1.53 bits per heavy atom. The fourth-order valence-electron chi connectivity index (χ4n) is 2.82. The first-order chi connectivity index (χ1) is 9.34. The van der Waals surface area contributed by atoms with Gasteiger partial charge >= 0.3 is 0 Å². The highest BCUT2D eigenvalue weighted by Crippen LogP contribution is 2.27. The second-order valence-corrected chi connectivity index (χ2v) is 4.86. The molecular formula is C17H14N2. The molecule has 0 atom stereocenters. The van der Waals surface area contributed by atoms with Crippen LogP contribution in [0.3, 0.4) is 0 Å². The van der Waals surface area contributed by atoms with E-state index in [1.165, 1.54) is 27.7 Å². The molecule has 4 rings (SSSR count). The zero-order valence-electron chi connectivity index (χ0n) is 10.7. The minimum atomic E-state index is 1.24. The minimum Gasteiger partial charge on any atom is -0.283 e.